The summed E-state index contributed by atoms with van der Waals surface area (Å²) in [4.78, 5) is 19.1. The van der Waals surface area contributed by atoms with Crippen LogP contribution in [0.25, 0.3) is 40.0 Å². The second kappa shape index (κ2) is 32.2. The Morgan fingerprint density at radius 1 is 0.500 bits per heavy atom. The summed E-state index contributed by atoms with van der Waals surface area (Å²) in [5, 5.41) is 3.15. The van der Waals surface area contributed by atoms with Gasteiger partial charge in [-0.2, -0.15) is 0 Å². The van der Waals surface area contributed by atoms with Gasteiger partial charge in [0, 0.05) is 36.7 Å². The quantitative estimate of drug-likeness (QED) is 0.0222. The minimum atomic E-state index is -2.31. The molecule has 0 fully saturated rings. The summed E-state index contributed by atoms with van der Waals surface area (Å²) in [6.45, 7) is 22.6. The fraction of sp³-hybridized carbons (Fsp3) is 0.726. The molecule has 1 aromatic carbocycles. The van der Waals surface area contributed by atoms with E-state index in [2.05, 4.69) is 81.4 Å². The van der Waals surface area contributed by atoms with Gasteiger partial charge >= 0.3 is 0 Å². The average Bonchev–Trinajstić information content (AvgIpc) is 4.16. The van der Waals surface area contributed by atoms with Gasteiger partial charge in [0.2, 0.25) is 0 Å². The first-order chi connectivity index (χ1) is 35.0. The number of carbonyl (C=O) groups is 1. The fourth-order valence-corrected chi connectivity index (χ4v) is 25.3. The number of ketones is 1. The molecule has 5 aromatic rings. The van der Waals surface area contributed by atoms with E-state index in [-0.39, 0.29) is 17.5 Å². The zero-order chi connectivity index (χ0) is 51.9. The van der Waals surface area contributed by atoms with Crippen molar-refractivity contribution in [3.8, 4) is 21.3 Å². The minimum Gasteiger partial charge on any atom is -0.542 e. The molecule has 0 spiro atoms. The molecule has 0 amide bonds. The topological polar surface area (TPSA) is 35.5 Å². The third-order valence-electron chi connectivity index (χ3n) is 15.9. The van der Waals surface area contributed by atoms with Gasteiger partial charge in [-0.3, -0.25) is 4.79 Å². The average molecular weight is 1100 g/mol. The molecule has 0 aliphatic rings. The summed E-state index contributed by atoms with van der Waals surface area (Å²) in [6.07, 6.45) is 34.0. The third-order valence-corrected chi connectivity index (χ3v) is 29.6. The first-order valence-electron chi connectivity index (χ1n) is 30.1. The zero-order valence-corrected chi connectivity index (χ0v) is 52.8. The number of unbranched alkanes of at least 4 members (excludes halogenated alkanes) is 19. The number of thiophene rings is 4. The first-order valence-corrected chi connectivity index (χ1v) is 38.5. The molecular formula is C62H101FO3S4Si2. The van der Waals surface area contributed by atoms with E-state index < -0.39 is 16.6 Å². The maximum absolute atomic E-state index is 16.8. The Balaban J connectivity index is 1.82. The van der Waals surface area contributed by atoms with Crippen LogP contribution in [0.3, 0.4) is 0 Å². The van der Waals surface area contributed by atoms with E-state index >= 15 is 4.39 Å². The summed E-state index contributed by atoms with van der Waals surface area (Å²) < 4.78 is 36.8. The van der Waals surface area contributed by atoms with Gasteiger partial charge in [0.15, 0.2) is 11.6 Å². The van der Waals surface area contributed by atoms with E-state index in [1.165, 1.54) is 227 Å². The summed E-state index contributed by atoms with van der Waals surface area (Å²) >= 11 is 6.94. The van der Waals surface area contributed by atoms with Crippen molar-refractivity contribution < 1.29 is 18.0 Å². The number of halogens is 1. The smallest absolute Gasteiger partial charge is 0.251 e. The van der Waals surface area contributed by atoms with Crippen LogP contribution in [0, 0.1) is 25.6 Å². The monoisotopic (exact) mass is 1100 g/mol. The molecule has 10 heteroatoms. The molecule has 1 atom stereocenters. The Hall–Kier alpha value is -1.57. The lowest BCUT2D eigenvalue weighted by Crippen LogP contribution is -2.42. The molecule has 72 heavy (non-hydrogen) atoms. The molecule has 0 bridgehead atoms. The Bertz CT molecular complexity index is 2170. The van der Waals surface area contributed by atoms with Crippen LogP contribution in [0.15, 0.2) is 12.1 Å². The van der Waals surface area contributed by atoms with Crippen molar-refractivity contribution in [1.29, 1.82) is 0 Å². The van der Waals surface area contributed by atoms with Gasteiger partial charge < -0.3 is 8.85 Å². The Labute approximate surface area is 457 Å². The number of rotatable bonds is 41. The summed E-state index contributed by atoms with van der Waals surface area (Å²) in [5.41, 5.74) is 0. The molecule has 0 aliphatic heterocycles. The number of hydrogen-bond donors (Lipinski definition) is 0. The summed E-state index contributed by atoms with van der Waals surface area (Å²) in [7, 11) is -4.61. The van der Waals surface area contributed by atoms with Crippen molar-refractivity contribution in [2.45, 2.75) is 285 Å². The van der Waals surface area contributed by atoms with Crippen LogP contribution >= 0.6 is 45.3 Å². The Morgan fingerprint density at radius 2 is 0.903 bits per heavy atom. The summed E-state index contributed by atoms with van der Waals surface area (Å²) in [5.74, 6) is 1.81. The van der Waals surface area contributed by atoms with Gasteiger partial charge in [-0.05, 0) is 75.1 Å². The molecule has 0 saturated heterocycles. The van der Waals surface area contributed by atoms with Crippen LogP contribution in [0.2, 0.25) is 36.3 Å². The number of aryl methyl sites for hydroxylation is 2. The van der Waals surface area contributed by atoms with E-state index in [4.69, 9.17) is 8.85 Å². The molecule has 4 aromatic heterocycles. The first kappa shape index (κ1) is 61.3. The van der Waals surface area contributed by atoms with Crippen LogP contribution < -0.4 is 8.85 Å². The second-order valence-corrected chi connectivity index (χ2v) is 34.8. The largest absolute Gasteiger partial charge is 0.542 e. The van der Waals surface area contributed by atoms with Crippen LogP contribution in [0.1, 0.15) is 255 Å². The molecule has 3 nitrogen and oxygen atoms in total. The van der Waals surface area contributed by atoms with E-state index in [0.29, 0.717) is 10.3 Å². The van der Waals surface area contributed by atoms with Crippen molar-refractivity contribution in [2.75, 3.05) is 0 Å². The highest BCUT2D eigenvalue weighted by atomic mass is 32.1. The van der Waals surface area contributed by atoms with Crippen LogP contribution in [0.4, 0.5) is 4.39 Å². The lowest BCUT2D eigenvalue weighted by molar-refractivity contribution is 0.0909. The third kappa shape index (κ3) is 16.7. The van der Waals surface area contributed by atoms with Crippen LogP contribution in [0.5, 0.6) is 11.5 Å². The number of fused-ring (bicyclic) bond motifs is 3. The Kier molecular flexibility index (Phi) is 27.4. The van der Waals surface area contributed by atoms with Gasteiger partial charge in [0.25, 0.3) is 16.6 Å². The molecule has 406 valence electrons. The number of hydrogen-bond acceptors (Lipinski definition) is 7. The van der Waals surface area contributed by atoms with E-state index in [1.54, 1.807) is 11.3 Å². The number of carbonyl (C=O) groups excluding carboxylic acids is 1. The zero-order valence-electron chi connectivity index (χ0n) is 47.5. The predicted molar refractivity (Wildman–Crippen MR) is 329 cm³/mol. The number of benzene rings is 1. The summed E-state index contributed by atoms with van der Waals surface area (Å²) in [6, 6.07) is 12.3. The van der Waals surface area contributed by atoms with Crippen molar-refractivity contribution in [1.82, 2.24) is 0 Å². The van der Waals surface area contributed by atoms with E-state index in [1.807, 2.05) is 22.7 Å². The van der Waals surface area contributed by atoms with Gasteiger partial charge in [-0.25, -0.2) is 4.39 Å². The second-order valence-electron chi connectivity index (χ2n) is 22.1. The number of Topliss-reactive ketones (excluding diaryl/α,β-unsaturated/α-hetero) is 1. The van der Waals surface area contributed by atoms with Crippen LogP contribution in [-0.2, 0) is 0 Å². The minimum absolute atomic E-state index is 0.00506. The molecule has 5 rings (SSSR count). The predicted octanol–water partition coefficient (Wildman–Crippen LogP) is 24.3. The molecule has 0 radical (unpaired) electrons. The van der Waals surface area contributed by atoms with E-state index in [9.17, 15) is 4.79 Å². The Morgan fingerprint density at radius 3 is 1.31 bits per heavy atom. The fourth-order valence-electron chi connectivity index (χ4n) is 11.5. The van der Waals surface area contributed by atoms with Gasteiger partial charge in [-0.1, -0.05) is 222 Å². The highest BCUT2D eigenvalue weighted by Gasteiger charge is 2.40. The SMILES string of the molecule is CCCCCC[Si](CCCCCC)(CCCCCC)Oc1c2cc(-c3sc(C)c4c(F)c(C(=O)C(CC)CCCC)sc34)sc2c(O[Si](CCCCCC)(CCCCCC)CCCCCC)c2cc(C)sc12. The molecule has 0 saturated carbocycles. The maximum Gasteiger partial charge on any atom is 0.251 e. The van der Waals surface area contributed by atoms with Gasteiger partial charge in [0.1, 0.15) is 16.4 Å². The standard InChI is InChI=1S/C62H101FO3S4Si2/c1-11-19-26-32-39-71(40-33-27-20-12-2,41-34-28-21-13-3)65-56-50-45-47(9)67-58(50)57(66-72(42-35-29-22-14-4,43-36-30-23-15-5)44-37-31-24-16-6)51-46-52(69-59(51)56)60-61-53(48(10)68-60)54(63)62(70-61)55(64)49(18-8)38-25-17-7/h45-46,49H,11-44H2,1-10H3. The molecular weight excluding hydrogens is 996 g/mol. The maximum atomic E-state index is 16.8. The lowest BCUT2D eigenvalue weighted by atomic mass is 9.93. The molecule has 0 aliphatic carbocycles. The molecule has 4 heterocycles. The van der Waals surface area contributed by atoms with Crippen LogP contribution in [-0.4, -0.2) is 22.4 Å². The van der Waals surface area contributed by atoms with Crippen molar-refractivity contribution in [2.24, 2.45) is 5.92 Å². The highest BCUT2D eigenvalue weighted by Crippen LogP contribution is 2.56. The van der Waals surface area contributed by atoms with Crippen molar-refractivity contribution >= 4 is 98.0 Å². The highest BCUT2D eigenvalue weighted by molar-refractivity contribution is 7.31. The molecule has 1 unspecified atom stereocenters. The van der Waals surface area contributed by atoms with Crippen molar-refractivity contribution in [3.63, 3.8) is 0 Å². The molecule has 0 N–H and O–H groups in total. The van der Waals surface area contributed by atoms with Gasteiger partial charge in [0.05, 0.1) is 19.0 Å². The lowest BCUT2D eigenvalue weighted by Gasteiger charge is -2.35. The van der Waals surface area contributed by atoms with Crippen molar-refractivity contribution in [3.05, 3.63) is 32.6 Å². The van der Waals surface area contributed by atoms with E-state index in [0.717, 1.165) is 56.5 Å². The normalized spacial score (nSPS) is 12.9. The van der Waals surface area contributed by atoms with Gasteiger partial charge in [-0.15, -0.1) is 45.3 Å².